The fourth-order valence-corrected chi connectivity index (χ4v) is 2.77. The van der Waals surface area contributed by atoms with Crippen molar-refractivity contribution in [3.63, 3.8) is 0 Å². The molecule has 0 amide bonds. The molecule has 2 aromatic carbocycles. The van der Waals surface area contributed by atoms with E-state index in [-0.39, 0.29) is 11.5 Å². The molecule has 1 aliphatic rings. The third-order valence-electron chi connectivity index (χ3n) is 4.23. The Morgan fingerprint density at radius 1 is 0.923 bits per heavy atom. The minimum atomic E-state index is -1.53. The summed E-state index contributed by atoms with van der Waals surface area (Å²) < 4.78 is 10.8. The number of hydrogen-bond donors (Lipinski definition) is 4. The van der Waals surface area contributed by atoms with E-state index in [9.17, 15) is 25.2 Å². The number of carbonyl (C=O) groups excluding carboxylic acids is 1. The normalized spacial score (nSPS) is 28.5. The lowest BCUT2D eigenvalue weighted by atomic mass is 9.99. The van der Waals surface area contributed by atoms with Gasteiger partial charge in [-0.05, 0) is 12.1 Å². The van der Waals surface area contributed by atoms with Crippen molar-refractivity contribution in [2.75, 3.05) is 6.61 Å². The zero-order valence-corrected chi connectivity index (χ0v) is 13.8. The smallest absolute Gasteiger partial charge is 0.229 e. The van der Waals surface area contributed by atoms with E-state index in [0.29, 0.717) is 11.1 Å². The average Bonchev–Trinajstić information content (AvgIpc) is 2.68. The fraction of sp³-hybridized carbons (Fsp3) is 0.316. The minimum Gasteiger partial charge on any atom is -0.462 e. The summed E-state index contributed by atoms with van der Waals surface area (Å²) in [5.74, 6) is 0.0564. The number of benzene rings is 2. The Kier molecular flexibility index (Phi) is 5.65. The zero-order valence-electron chi connectivity index (χ0n) is 13.8. The molecule has 0 radical (unpaired) electrons. The van der Waals surface area contributed by atoms with Gasteiger partial charge in [-0.2, -0.15) is 0 Å². The Morgan fingerprint density at radius 2 is 1.62 bits per heavy atom. The van der Waals surface area contributed by atoms with Crippen molar-refractivity contribution in [3.05, 3.63) is 65.7 Å². The highest BCUT2D eigenvalue weighted by Crippen LogP contribution is 2.25. The maximum Gasteiger partial charge on any atom is 0.229 e. The Bertz CT molecular complexity index is 747. The summed E-state index contributed by atoms with van der Waals surface area (Å²) in [6.07, 6.45) is -6.86. The van der Waals surface area contributed by atoms with E-state index in [1.165, 1.54) is 6.07 Å². The quantitative estimate of drug-likeness (QED) is 0.559. The molecule has 1 saturated heterocycles. The Labute approximate surface area is 150 Å². The maximum absolute atomic E-state index is 12.5. The number of hydrogen-bond acceptors (Lipinski definition) is 7. The van der Waals surface area contributed by atoms with Crippen molar-refractivity contribution in [1.82, 2.24) is 0 Å². The molecule has 1 aliphatic heterocycles. The minimum absolute atomic E-state index is 0.190. The summed E-state index contributed by atoms with van der Waals surface area (Å²) in [6, 6.07) is 15.1. The van der Waals surface area contributed by atoms with Crippen LogP contribution < -0.4 is 4.74 Å². The molecule has 138 valence electrons. The molecule has 4 N–H and O–H groups in total. The molecule has 5 atom stereocenters. The van der Waals surface area contributed by atoms with Crippen LogP contribution in [0.25, 0.3) is 0 Å². The molecule has 1 heterocycles. The second-order valence-electron chi connectivity index (χ2n) is 6.04. The lowest BCUT2D eigenvalue weighted by Gasteiger charge is -2.39. The van der Waals surface area contributed by atoms with Crippen LogP contribution in [0.5, 0.6) is 5.75 Å². The van der Waals surface area contributed by atoms with Crippen LogP contribution in [0.3, 0.4) is 0 Å². The molecule has 7 nitrogen and oxygen atoms in total. The number of rotatable bonds is 5. The van der Waals surface area contributed by atoms with Gasteiger partial charge in [0.25, 0.3) is 0 Å². The second-order valence-corrected chi connectivity index (χ2v) is 6.04. The van der Waals surface area contributed by atoms with Crippen LogP contribution in [-0.2, 0) is 4.74 Å². The molecule has 7 heteroatoms. The van der Waals surface area contributed by atoms with Crippen molar-refractivity contribution in [1.29, 1.82) is 0 Å². The molecule has 0 spiro atoms. The lowest BCUT2D eigenvalue weighted by molar-refractivity contribution is -0.277. The second kappa shape index (κ2) is 7.94. The highest BCUT2D eigenvalue weighted by atomic mass is 16.7. The van der Waals surface area contributed by atoms with Gasteiger partial charge in [0.15, 0.2) is 5.78 Å². The van der Waals surface area contributed by atoms with Crippen LogP contribution in [-0.4, -0.2) is 63.5 Å². The first kappa shape index (κ1) is 18.5. The van der Waals surface area contributed by atoms with Crippen molar-refractivity contribution in [3.8, 4) is 5.75 Å². The summed E-state index contributed by atoms with van der Waals surface area (Å²) in [7, 11) is 0. The van der Waals surface area contributed by atoms with E-state index in [4.69, 9.17) is 9.47 Å². The molecule has 5 unspecified atom stereocenters. The van der Waals surface area contributed by atoms with E-state index in [1.807, 2.05) is 6.07 Å². The molecule has 0 bridgehead atoms. The zero-order chi connectivity index (χ0) is 18.7. The third kappa shape index (κ3) is 3.77. The predicted molar refractivity (Wildman–Crippen MR) is 90.7 cm³/mol. The van der Waals surface area contributed by atoms with Crippen LogP contribution in [0, 0.1) is 0 Å². The molecule has 0 aromatic heterocycles. The van der Waals surface area contributed by atoms with Gasteiger partial charge in [0.1, 0.15) is 30.2 Å². The number of aliphatic hydroxyl groups is 4. The van der Waals surface area contributed by atoms with Gasteiger partial charge >= 0.3 is 0 Å². The van der Waals surface area contributed by atoms with Crippen molar-refractivity contribution < 1.29 is 34.7 Å². The van der Waals surface area contributed by atoms with Crippen LogP contribution >= 0.6 is 0 Å². The molecule has 3 rings (SSSR count). The topological polar surface area (TPSA) is 116 Å². The van der Waals surface area contributed by atoms with Gasteiger partial charge in [-0.25, -0.2) is 0 Å². The van der Waals surface area contributed by atoms with E-state index in [2.05, 4.69) is 0 Å². The van der Waals surface area contributed by atoms with E-state index >= 15 is 0 Å². The monoisotopic (exact) mass is 360 g/mol. The Balaban J connectivity index is 1.77. The first-order chi connectivity index (χ1) is 12.5. The molecular formula is C19H20O7. The standard InChI is InChI=1S/C19H20O7/c20-10-14-16(22)17(23)18(24)19(26-14)25-13-8-4-7-12(9-13)15(21)11-5-2-1-3-6-11/h1-9,14,16-20,22-24H,10H2. The summed E-state index contributed by atoms with van der Waals surface area (Å²) in [6.45, 7) is -0.544. The van der Waals surface area contributed by atoms with Gasteiger partial charge in [0.05, 0.1) is 6.61 Å². The van der Waals surface area contributed by atoms with Crippen molar-refractivity contribution in [2.24, 2.45) is 0 Å². The maximum atomic E-state index is 12.5. The first-order valence-corrected chi connectivity index (χ1v) is 8.18. The van der Waals surface area contributed by atoms with Crippen LogP contribution in [0.15, 0.2) is 54.6 Å². The van der Waals surface area contributed by atoms with Crippen molar-refractivity contribution in [2.45, 2.75) is 30.7 Å². The molecular weight excluding hydrogens is 340 g/mol. The Morgan fingerprint density at radius 3 is 2.31 bits per heavy atom. The van der Waals surface area contributed by atoms with Gasteiger partial charge in [0, 0.05) is 11.1 Å². The van der Waals surface area contributed by atoms with Gasteiger partial charge in [0.2, 0.25) is 6.29 Å². The van der Waals surface area contributed by atoms with Crippen LogP contribution in [0.2, 0.25) is 0 Å². The number of aliphatic hydroxyl groups excluding tert-OH is 4. The molecule has 0 aliphatic carbocycles. The molecule has 0 saturated carbocycles. The van der Waals surface area contributed by atoms with Gasteiger partial charge < -0.3 is 29.9 Å². The largest absolute Gasteiger partial charge is 0.462 e. The predicted octanol–water partition coefficient (Wildman–Crippen LogP) is 0.0963. The molecule has 2 aromatic rings. The van der Waals surface area contributed by atoms with Crippen molar-refractivity contribution >= 4 is 5.78 Å². The summed E-state index contributed by atoms with van der Waals surface area (Å²) in [5, 5.41) is 38.8. The van der Waals surface area contributed by atoms with Gasteiger partial charge in [-0.15, -0.1) is 0 Å². The Hall–Kier alpha value is -2.29. The van der Waals surface area contributed by atoms with E-state index < -0.39 is 37.3 Å². The third-order valence-corrected chi connectivity index (χ3v) is 4.23. The van der Waals surface area contributed by atoms with E-state index in [1.54, 1.807) is 42.5 Å². The van der Waals surface area contributed by atoms with E-state index in [0.717, 1.165) is 0 Å². The number of ether oxygens (including phenoxy) is 2. The van der Waals surface area contributed by atoms with Crippen LogP contribution in [0.1, 0.15) is 15.9 Å². The highest BCUT2D eigenvalue weighted by Gasteiger charge is 2.44. The lowest BCUT2D eigenvalue weighted by Crippen LogP contribution is -2.60. The number of ketones is 1. The SMILES string of the molecule is O=C(c1ccccc1)c1cccc(OC2OC(CO)C(O)C(O)C2O)c1. The molecule has 26 heavy (non-hydrogen) atoms. The molecule has 1 fully saturated rings. The number of carbonyl (C=O) groups is 1. The van der Waals surface area contributed by atoms with Gasteiger partial charge in [-0.1, -0.05) is 42.5 Å². The highest BCUT2D eigenvalue weighted by molar-refractivity contribution is 6.09. The first-order valence-electron chi connectivity index (χ1n) is 8.18. The van der Waals surface area contributed by atoms with Gasteiger partial charge in [-0.3, -0.25) is 4.79 Å². The average molecular weight is 360 g/mol. The fourth-order valence-electron chi connectivity index (χ4n) is 2.77. The summed E-state index contributed by atoms with van der Waals surface area (Å²) in [5.41, 5.74) is 0.913. The summed E-state index contributed by atoms with van der Waals surface area (Å²) in [4.78, 5) is 12.5. The van der Waals surface area contributed by atoms with Crippen LogP contribution in [0.4, 0.5) is 0 Å². The summed E-state index contributed by atoms with van der Waals surface area (Å²) >= 11 is 0.